The molecule has 1 atom stereocenters. The zero-order chi connectivity index (χ0) is 21.0. The van der Waals surface area contributed by atoms with Crippen LogP contribution in [0.3, 0.4) is 0 Å². The number of rotatable bonds is 7. The zero-order valence-corrected chi connectivity index (χ0v) is 17.5. The maximum Gasteiger partial charge on any atom is 0.225 e. The number of hydrogen-bond donors (Lipinski definition) is 4. The predicted octanol–water partition coefficient (Wildman–Crippen LogP) is 5.33. The van der Waals surface area contributed by atoms with Crippen LogP contribution in [0.1, 0.15) is 13.8 Å². The summed E-state index contributed by atoms with van der Waals surface area (Å²) in [6, 6.07) is 14.4. The molecule has 0 radical (unpaired) electrons. The van der Waals surface area contributed by atoms with Crippen molar-refractivity contribution in [3.05, 3.63) is 58.6 Å². The minimum atomic E-state index is -0.188. The van der Waals surface area contributed by atoms with Crippen molar-refractivity contribution in [2.24, 2.45) is 5.92 Å². The average Bonchev–Trinajstić information content (AvgIpc) is 2.70. The van der Waals surface area contributed by atoms with Gasteiger partial charge in [0.1, 0.15) is 5.82 Å². The van der Waals surface area contributed by atoms with Crippen LogP contribution in [0.15, 0.2) is 48.5 Å². The number of aromatic nitrogens is 2. The van der Waals surface area contributed by atoms with Crippen LogP contribution in [-0.2, 0) is 0 Å². The molecule has 0 unspecified atom stereocenters. The van der Waals surface area contributed by atoms with Gasteiger partial charge in [-0.25, -0.2) is 4.98 Å². The summed E-state index contributed by atoms with van der Waals surface area (Å²) in [4.78, 5) is 9.11. The van der Waals surface area contributed by atoms with Gasteiger partial charge >= 0.3 is 0 Å². The lowest BCUT2D eigenvalue weighted by molar-refractivity contribution is 0.248. The highest BCUT2D eigenvalue weighted by Crippen LogP contribution is 2.35. The second kappa shape index (κ2) is 9.31. The first-order valence-corrected chi connectivity index (χ1v) is 9.90. The van der Waals surface area contributed by atoms with E-state index in [1.165, 1.54) is 0 Å². The molecule has 0 saturated carbocycles. The minimum Gasteiger partial charge on any atom is -0.505 e. The number of aromatic hydroxyl groups is 1. The normalized spacial score (nSPS) is 12.1. The number of benzene rings is 2. The van der Waals surface area contributed by atoms with E-state index in [1.807, 2.05) is 44.2 Å². The molecule has 0 amide bonds. The van der Waals surface area contributed by atoms with Crippen LogP contribution in [-0.4, -0.2) is 32.8 Å². The largest absolute Gasteiger partial charge is 0.505 e. The number of phenols is 1. The van der Waals surface area contributed by atoms with Gasteiger partial charge in [-0.15, -0.1) is 0 Å². The first kappa shape index (κ1) is 21.2. The Balaban J connectivity index is 2.00. The summed E-state index contributed by atoms with van der Waals surface area (Å²) in [6.07, 6.45) is 0. The topological polar surface area (TPSA) is 90.3 Å². The number of hydrogen-bond acceptors (Lipinski definition) is 6. The molecule has 0 spiro atoms. The SMILES string of the molecule is CC(C)[C@H](CO)Nc1nc(Nc2cc(Cl)c(O)c(Cl)c2)cc(-c2ccccc2)n1. The van der Waals surface area contributed by atoms with Crippen molar-refractivity contribution in [3.63, 3.8) is 0 Å². The number of aliphatic hydroxyl groups excluding tert-OH is 1. The fourth-order valence-corrected chi connectivity index (χ4v) is 3.19. The summed E-state index contributed by atoms with van der Waals surface area (Å²) in [7, 11) is 0. The van der Waals surface area contributed by atoms with Crippen LogP contribution < -0.4 is 10.6 Å². The van der Waals surface area contributed by atoms with Crippen molar-refractivity contribution < 1.29 is 10.2 Å². The molecule has 3 rings (SSSR count). The molecule has 3 aromatic rings. The van der Waals surface area contributed by atoms with Crippen LogP contribution in [0.25, 0.3) is 11.3 Å². The molecule has 0 fully saturated rings. The van der Waals surface area contributed by atoms with E-state index in [1.54, 1.807) is 18.2 Å². The third-order valence-corrected chi connectivity index (χ3v) is 4.98. The van der Waals surface area contributed by atoms with Gasteiger partial charge in [0.15, 0.2) is 5.75 Å². The molecule has 8 heteroatoms. The van der Waals surface area contributed by atoms with Gasteiger partial charge in [-0.2, -0.15) is 4.98 Å². The Hall–Kier alpha value is -2.54. The first-order valence-electron chi connectivity index (χ1n) is 9.14. The van der Waals surface area contributed by atoms with Gasteiger partial charge in [-0.3, -0.25) is 0 Å². The summed E-state index contributed by atoms with van der Waals surface area (Å²) in [5.74, 6) is 0.920. The quantitative estimate of drug-likeness (QED) is 0.377. The highest BCUT2D eigenvalue weighted by molar-refractivity contribution is 6.37. The molecule has 152 valence electrons. The number of nitrogens with zero attached hydrogens (tertiary/aromatic N) is 2. The van der Waals surface area contributed by atoms with Crippen molar-refractivity contribution >= 4 is 40.7 Å². The number of halogens is 2. The lowest BCUT2D eigenvalue weighted by Crippen LogP contribution is -2.30. The molecule has 4 N–H and O–H groups in total. The maximum absolute atomic E-state index is 9.76. The predicted molar refractivity (Wildman–Crippen MR) is 118 cm³/mol. The standard InChI is InChI=1S/C21H22Cl2N4O2/c1-12(2)18(11-28)26-21-25-17(13-6-4-3-5-7-13)10-19(27-21)24-14-8-15(22)20(29)16(23)9-14/h3-10,12,18,28-29H,11H2,1-2H3,(H2,24,25,26,27)/t18-/m0/s1. The van der Waals surface area contributed by atoms with Gasteiger partial charge < -0.3 is 20.8 Å². The third kappa shape index (κ3) is 5.29. The summed E-state index contributed by atoms with van der Waals surface area (Å²) < 4.78 is 0. The number of aliphatic hydroxyl groups is 1. The van der Waals surface area contributed by atoms with E-state index in [0.29, 0.717) is 23.1 Å². The van der Waals surface area contributed by atoms with Crippen molar-refractivity contribution in [2.45, 2.75) is 19.9 Å². The lowest BCUT2D eigenvalue weighted by Gasteiger charge is -2.21. The lowest BCUT2D eigenvalue weighted by atomic mass is 10.1. The Kier molecular flexibility index (Phi) is 6.79. The summed E-state index contributed by atoms with van der Waals surface area (Å²) in [5.41, 5.74) is 2.21. The summed E-state index contributed by atoms with van der Waals surface area (Å²) >= 11 is 12.0. The Labute approximate surface area is 179 Å². The fourth-order valence-electron chi connectivity index (χ4n) is 2.71. The second-order valence-corrected chi connectivity index (χ2v) is 7.73. The molecule has 6 nitrogen and oxygen atoms in total. The van der Waals surface area contributed by atoms with E-state index in [0.717, 1.165) is 5.56 Å². The number of anilines is 3. The molecule has 0 aliphatic rings. The van der Waals surface area contributed by atoms with E-state index in [9.17, 15) is 10.2 Å². The van der Waals surface area contributed by atoms with E-state index >= 15 is 0 Å². The van der Waals surface area contributed by atoms with Crippen molar-refractivity contribution in [2.75, 3.05) is 17.2 Å². The van der Waals surface area contributed by atoms with E-state index < -0.39 is 0 Å². The van der Waals surface area contributed by atoms with Gasteiger partial charge in [-0.05, 0) is 18.1 Å². The Morgan fingerprint density at radius 3 is 2.24 bits per heavy atom. The highest BCUT2D eigenvalue weighted by atomic mass is 35.5. The second-order valence-electron chi connectivity index (χ2n) is 6.92. The Morgan fingerprint density at radius 2 is 1.66 bits per heavy atom. The molecular weight excluding hydrogens is 411 g/mol. The van der Waals surface area contributed by atoms with Crippen molar-refractivity contribution in [1.29, 1.82) is 0 Å². The van der Waals surface area contributed by atoms with Gasteiger partial charge in [0.05, 0.1) is 28.4 Å². The molecular formula is C21H22Cl2N4O2. The van der Waals surface area contributed by atoms with Gasteiger partial charge in [0, 0.05) is 17.3 Å². The van der Waals surface area contributed by atoms with Crippen LogP contribution in [0, 0.1) is 5.92 Å². The van der Waals surface area contributed by atoms with Crippen LogP contribution in [0.4, 0.5) is 17.5 Å². The minimum absolute atomic E-state index is 0.0392. The smallest absolute Gasteiger partial charge is 0.225 e. The molecule has 0 aliphatic heterocycles. The molecule has 0 bridgehead atoms. The van der Waals surface area contributed by atoms with Crippen LogP contribution in [0.5, 0.6) is 5.75 Å². The summed E-state index contributed by atoms with van der Waals surface area (Å²) in [5, 5.41) is 26.0. The van der Waals surface area contributed by atoms with Crippen LogP contribution >= 0.6 is 23.2 Å². The number of nitrogens with one attached hydrogen (secondary N) is 2. The zero-order valence-electron chi connectivity index (χ0n) is 16.0. The number of phenolic OH excluding ortho intramolecular Hbond substituents is 1. The van der Waals surface area contributed by atoms with Crippen molar-refractivity contribution in [1.82, 2.24) is 9.97 Å². The molecule has 2 aromatic carbocycles. The van der Waals surface area contributed by atoms with E-state index in [4.69, 9.17) is 23.2 Å². The van der Waals surface area contributed by atoms with Gasteiger partial charge in [0.25, 0.3) is 0 Å². The van der Waals surface area contributed by atoms with Gasteiger partial charge in [0.2, 0.25) is 5.95 Å². The molecule has 1 aromatic heterocycles. The third-order valence-electron chi connectivity index (χ3n) is 4.40. The van der Waals surface area contributed by atoms with E-state index in [-0.39, 0.29) is 34.4 Å². The van der Waals surface area contributed by atoms with Gasteiger partial charge in [-0.1, -0.05) is 67.4 Å². The highest BCUT2D eigenvalue weighted by Gasteiger charge is 2.15. The maximum atomic E-state index is 9.76. The fraction of sp³-hybridized carbons (Fsp3) is 0.238. The Bertz CT molecular complexity index is 961. The molecule has 1 heterocycles. The van der Waals surface area contributed by atoms with Crippen LogP contribution in [0.2, 0.25) is 10.0 Å². The Morgan fingerprint density at radius 1 is 1.00 bits per heavy atom. The molecule has 29 heavy (non-hydrogen) atoms. The average molecular weight is 433 g/mol. The monoisotopic (exact) mass is 432 g/mol. The summed E-state index contributed by atoms with van der Waals surface area (Å²) in [6.45, 7) is 3.98. The molecule has 0 aliphatic carbocycles. The van der Waals surface area contributed by atoms with Crippen molar-refractivity contribution in [3.8, 4) is 17.0 Å². The first-order chi connectivity index (χ1) is 13.9. The molecule has 0 saturated heterocycles. The van der Waals surface area contributed by atoms with E-state index in [2.05, 4.69) is 20.6 Å².